The van der Waals surface area contributed by atoms with E-state index in [-0.39, 0.29) is 0 Å². The molecule has 21 heavy (non-hydrogen) atoms. The normalized spacial score (nSPS) is 10.8. The number of aryl methyl sites for hydroxylation is 1. The van der Waals surface area contributed by atoms with Gasteiger partial charge in [0.25, 0.3) is 5.71 Å². The zero-order valence-corrected chi connectivity index (χ0v) is 12.0. The van der Waals surface area contributed by atoms with E-state index in [4.69, 9.17) is 9.26 Å². The molecule has 3 aromatic rings. The van der Waals surface area contributed by atoms with Gasteiger partial charge in [0.05, 0.1) is 18.0 Å². The SMILES string of the molecule is CCOc1ccccc1Nc1ncnc2onc(CC)c12. The van der Waals surface area contributed by atoms with Gasteiger partial charge >= 0.3 is 0 Å². The number of rotatable bonds is 5. The molecule has 0 saturated heterocycles. The van der Waals surface area contributed by atoms with Crippen LogP contribution in [-0.2, 0) is 6.42 Å². The molecule has 0 aliphatic heterocycles. The van der Waals surface area contributed by atoms with Gasteiger partial charge in [0, 0.05) is 0 Å². The highest BCUT2D eigenvalue weighted by atomic mass is 16.5. The van der Waals surface area contributed by atoms with Gasteiger partial charge in [-0.15, -0.1) is 0 Å². The molecule has 0 amide bonds. The quantitative estimate of drug-likeness (QED) is 0.774. The van der Waals surface area contributed by atoms with Gasteiger partial charge in [0.1, 0.15) is 23.3 Å². The molecular weight excluding hydrogens is 268 g/mol. The second-order valence-corrected chi connectivity index (χ2v) is 4.44. The summed E-state index contributed by atoms with van der Waals surface area (Å²) in [6.45, 7) is 4.57. The van der Waals surface area contributed by atoms with Crippen molar-refractivity contribution in [3.8, 4) is 5.75 Å². The maximum absolute atomic E-state index is 5.61. The zero-order chi connectivity index (χ0) is 14.7. The summed E-state index contributed by atoms with van der Waals surface area (Å²) in [6, 6.07) is 7.73. The van der Waals surface area contributed by atoms with Crippen molar-refractivity contribution in [1.29, 1.82) is 0 Å². The van der Waals surface area contributed by atoms with E-state index in [0.717, 1.165) is 28.9 Å². The summed E-state index contributed by atoms with van der Waals surface area (Å²) >= 11 is 0. The fourth-order valence-corrected chi connectivity index (χ4v) is 2.16. The second kappa shape index (κ2) is 5.78. The Hall–Kier alpha value is -2.63. The summed E-state index contributed by atoms with van der Waals surface area (Å²) in [5.41, 5.74) is 2.17. The predicted molar refractivity (Wildman–Crippen MR) is 79.9 cm³/mol. The second-order valence-electron chi connectivity index (χ2n) is 4.44. The highest BCUT2D eigenvalue weighted by Crippen LogP contribution is 2.30. The van der Waals surface area contributed by atoms with E-state index in [1.807, 2.05) is 38.1 Å². The van der Waals surface area contributed by atoms with E-state index in [2.05, 4.69) is 20.4 Å². The molecule has 1 N–H and O–H groups in total. The van der Waals surface area contributed by atoms with Crippen molar-refractivity contribution < 1.29 is 9.26 Å². The van der Waals surface area contributed by atoms with Crippen LogP contribution in [0, 0.1) is 0 Å². The number of anilines is 2. The summed E-state index contributed by atoms with van der Waals surface area (Å²) in [5, 5.41) is 8.12. The van der Waals surface area contributed by atoms with Gasteiger partial charge in [-0.3, -0.25) is 0 Å². The largest absolute Gasteiger partial charge is 0.492 e. The average molecular weight is 284 g/mol. The van der Waals surface area contributed by atoms with Gasteiger partial charge in [0.15, 0.2) is 0 Å². The Morgan fingerprint density at radius 3 is 2.86 bits per heavy atom. The van der Waals surface area contributed by atoms with Crippen molar-refractivity contribution in [3.63, 3.8) is 0 Å². The minimum Gasteiger partial charge on any atom is -0.492 e. The first-order chi connectivity index (χ1) is 10.3. The Morgan fingerprint density at radius 1 is 1.19 bits per heavy atom. The third-order valence-corrected chi connectivity index (χ3v) is 3.12. The van der Waals surface area contributed by atoms with Crippen molar-refractivity contribution in [2.24, 2.45) is 0 Å². The molecule has 0 saturated carbocycles. The number of fused-ring (bicyclic) bond motifs is 1. The molecule has 6 heteroatoms. The lowest BCUT2D eigenvalue weighted by atomic mass is 10.2. The molecule has 0 spiro atoms. The molecule has 2 heterocycles. The van der Waals surface area contributed by atoms with Crippen LogP contribution in [-0.4, -0.2) is 21.7 Å². The standard InChI is InChI=1S/C15H16N4O2/c1-3-10-13-14(16-9-17-15(13)21-19-10)18-11-7-5-6-8-12(11)20-4-2/h5-9H,3-4H2,1-2H3,(H,16,17,18). The van der Waals surface area contributed by atoms with Crippen molar-refractivity contribution in [3.05, 3.63) is 36.3 Å². The van der Waals surface area contributed by atoms with Crippen molar-refractivity contribution >= 4 is 22.6 Å². The van der Waals surface area contributed by atoms with E-state index >= 15 is 0 Å². The van der Waals surface area contributed by atoms with Gasteiger partial charge in [0.2, 0.25) is 0 Å². The maximum atomic E-state index is 5.61. The minimum atomic E-state index is 0.484. The first-order valence-electron chi connectivity index (χ1n) is 6.91. The molecule has 108 valence electrons. The molecule has 0 unspecified atom stereocenters. The number of benzene rings is 1. The van der Waals surface area contributed by atoms with Crippen LogP contribution in [0.25, 0.3) is 11.1 Å². The zero-order valence-electron chi connectivity index (χ0n) is 12.0. The van der Waals surface area contributed by atoms with Crippen LogP contribution in [0.1, 0.15) is 19.5 Å². The molecule has 0 aliphatic carbocycles. The first kappa shape index (κ1) is 13.4. The minimum absolute atomic E-state index is 0.484. The number of hydrogen-bond acceptors (Lipinski definition) is 6. The topological polar surface area (TPSA) is 73.1 Å². The van der Waals surface area contributed by atoms with Gasteiger partial charge in [-0.2, -0.15) is 4.98 Å². The van der Waals surface area contributed by atoms with Crippen LogP contribution in [0.15, 0.2) is 35.1 Å². The Morgan fingerprint density at radius 2 is 2.05 bits per heavy atom. The van der Waals surface area contributed by atoms with Crippen LogP contribution in [0.2, 0.25) is 0 Å². The average Bonchev–Trinajstić information content (AvgIpc) is 2.94. The Balaban J connectivity index is 2.04. The maximum Gasteiger partial charge on any atom is 0.263 e. The van der Waals surface area contributed by atoms with Gasteiger partial charge in [-0.25, -0.2) is 4.98 Å². The molecule has 0 radical (unpaired) electrons. The van der Waals surface area contributed by atoms with Crippen LogP contribution < -0.4 is 10.1 Å². The fourth-order valence-electron chi connectivity index (χ4n) is 2.16. The first-order valence-corrected chi connectivity index (χ1v) is 6.91. The van der Waals surface area contributed by atoms with E-state index in [1.54, 1.807) is 0 Å². The molecule has 3 rings (SSSR count). The summed E-state index contributed by atoms with van der Waals surface area (Å²) in [5.74, 6) is 1.45. The van der Waals surface area contributed by atoms with Crippen LogP contribution in [0.4, 0.5) is 11.5 Å². The Bertz CT molecular complexity index is 754. The Labute approximate surface area is 122 Å². The smallest absolute Gasteiger partial charge is 0.263 e. The molecule has 0 bridgehead atoms. The molecule has 6 nitrogen and oxygen atoms in total. The third-order valence-electron chi connectivity index (χ3n) is 3.12. The van der Waals surface area contributed by atoms with E-state index in [1.165, 1.54) is 6.33 Å². The molecule has 2 aromatic heterocycles. The van der Waals surface area contributed by atoms with E-state index in [9.17, 15) is 0 Å². The highest BCUT2D eigenvalue weighted by molar-refractivity contribution is 5.90. The number of nitrogens with one attached hydrogen (secondary N) is 1. The fraction of sp³-hybridized carbons (Fsp3) is 0.267. The molecular formula is C15H16N4O2. The molecule has 0 aliphatic rings. The van der Waals surface area contributed by atoms with Gasteiger partial charge in [-0.05, 0) is 25.5 Å². The van der Waals surface area contributed by atoms with Crippen molar-refractivity contribution in [2.45, 2.75) is 20.3 Å². The van der Waals surface area contributed by atoms with Gasteiger partial charge < -0.3 is 14.6 Å². The van der Waals surface area contributed by atoms with Gasteiger partial charge in [-0.1, -0.05) is 24.2 Å². The van der Waals surface area contributed by atoms with Crippen LogP contribution in [0.3, 0.4) is 0 Å². The molecule has 1 aromatic carbocycles. The van der Waals surface area contributed by atoms with Crippen LogP contribution in [0.5, 0.6) is 5.75 Å². The Kier molecular flexibility index (Phi) is 3.68. The summed E-state index contributed by atoms with van der Waals surface area (Å²) < 4.78 is 10.8. The monoisotopic (exact) mass is 284 g/mol. The molecule has 0 fully saturated rings. The van der Waals surface area contributed by atoms with Crippen molar-refractivity contribution in [1.82, 2.24) is 15.1 Å². The summed E-state index contributed by atoms with van der Waals surface area (Å²) in [4.78, 5) is 8.41. The summed E-state index contributed by atoms with van der Waals surface area (Å²) in [6.07, 6.45) is 2.21. The van der Waals surface area contributed by atoms with E-state index in [0.29, 0.717) is 18.1 Å². The number of nitrogens with zero attached hydrogens (tertiary/aromatic N) is 3. The predicted octanol–water partition coefficient (Wildman–Crippen LogP) is 3.32. The lowest BCUT2D eigenvalue weighted by molar-refractivity contribution is 0.342. The summed E-state index contributed by atoms with van der Waals surface area (Å²) in [7, 11) is 0. The highest BCUT2D eigenvalue weighted by Gasteiger charge is 2.15. The van der Waals surface area contributed by atoms with E-state index < -0.39 is 0 Å². The number of aromatic nitrogens is 3. The van der Waals surface area contributed by atoms with Crippen LogP contribution >= 0.6 is 0 Å². The van der Waals surface area contributed by atoms with Crippen molar-refractivity contribution in [2.75, 3.05) is 11.9 Å². The lowest BCUT2D eigenvalue weighted by Gasteiger charge is -2.11. The third kappa shape index (κ3) is 2.52. The number of ether oxygens (including phenoxy) is 1. The number of hydrogen-bond donors (Lipinski definition) is 1. The molecule has 0 atom stereocenters. The lowest BCUT2D eigenvalue weighted by Crippen LogP contribution is -2.00. The number of para-hydroxylation sites is 2.